The molecule has 0 saturated carbocycles. The molecule has 130 valence electrons. The van der Waals surface area contributed by atoms with E-state index in [1.807, 2.05) is 0 Å². The van der Waals surface area contributed by atoms with Gasteiger partial charge in [0.15, 0.2) is 5.76 Å². The van der Waals surface area contributed by atoms with E-state index < -0.39 is 17.6 Å². The minimum absolute atomic E-state index is 0.0262. The highest BCUT2D eigenvalue weighted by Gasteiger charge is 2.30. The third-order valence-electron chi connectivity index (χ3n) is 3.48. The zero-order valence-electron chi connectivity index (χ0n) is 13.1. The summed E-state index contributed by atoms with van der Waals surface area (Å²) in [5.41, 5.74) is -0.530. The maximum Gasteiger partial charge on any atom is 0.416 e. The third kappa shape index (κ3) is 4.61. The van der Waals surface area contributed by atoms with Crippen molar-refractivity contribution in [2.24, 2.45) is 0 Å². The lowest BCUT2D eigenvalue weighted by Crippen LogP contribution is -2.32. The van der Waals surface area contributed by atoms with Gasteiger partial charge in [-0.15, -0.1) is 0 Å². The lowest BCUT2D eigenvalue weighted by Gasteiger charge is -2.11. The quantitative estimate of drug-likeness (QED) is 0.839. The summed E-state index contributed by atoms with van der Waals surface area (Å²) in [6.07, 6.45) is -3.26. The van der Waals surface area contributed by atoms with Crippen LogP contribution in [0, 0.1) is 0 Å². The summed E-state index contributed by atoms with van der Waals surface area (Å²) in [4.78, 5) is 12.0. The summed E-state index contributed by atoms with van der Waals surface area (Å²) in [6.45, 7) is 1.84. The highest BCUT2D eigenvalue weighted by atomic mass is 19.4. The van der Waals surface area contributed by atoms with Crippen molar-refractivity contribution in [1.82, 2.24) is 5.32 Å². The molecule has 2 aromatic rings. The highest BCUT2D eigenvalue weighted by Crippen LogP contribution is 2.32. The number of furan rings is 1. The molecule has 0 aliphatic rings. The monoisotopic (exact) mass is 341 g/mol. The summed E-state index contributed by atoms with van der Waals surface area (Å²) >= 11 is 0. The van der Waals surface area contributed by atoms with Crippen molar-refractivity contribution < 1.29 is 27.5 Å². The van der Waals surface area contributed by atoms with Crippen LogP contribution in [0.3, 0.4) is 0 Å². The van der Waals surface area contributed by atoms with Gasteiger partial charge in [0.1, 0.15) is 5.76 Å². The molecule has 4 nitrogen and oxygen atoms in total. The lowest BCUT2D eigenvalue weighted by molar-refractivity contribution is -0.137. The SMILES string of the molecule is CC(CCCO)NC(=O)c1ccc(-c2cccc(C(F)(F)F)c2)o1. The van der Waals surface area contributed by atoms with Crippen LogP contribution in [-0.2, 0) is 6.18 Å². The standard InChI is InChI=1S/C17H18F3NO3/c1-11(4-3-9-22)21-16(23)15-8-7-14(24-15)12-5-2-6-13(10-12)17(18,19)20/h2,5-8,10-11,22H,3-4,9H2,1H3,(H,21,23). The predicted molar refractivity (Wildman–Crippen MR) is 82.4 cm³/mol. The summed E-state index contributed by atoms with van der Waals surface area (Å²) < 4.78 is 43.6. The minimum atomic E-state index is -4.44. The second-order valence-corrected chi connectivity index (χ2v) is 5.48. The largest absolute Gasteiger partial charge is 0.451 e. The van der Waals surface area contributed by atoms with Crippen LogP contribution in [-0.4, -0.2) is 23.7 Å². The first kappa shape index (κ1) is 18.1. The molecule has 0 aliphatic carbocycles. The van der Waals surface area contributed by atoms with Crippen molar-refractivity contribution in [3.63, 3.8) is 0 Å². The number of aliphatic hydroxyl groups excluding tert-OH is 1. The van der Waals surface area contributed by atoms with Crippen molar-refractivity contribution in [2.45, 2.75) is 32.0 Å². The van der Waals surface area contributed by atoms with Gasteiger partial charge in [-0.3, -0.25) is 4.79 Å². The summed E-state index contributed by atoms with van der Waals surface area (Å²) in [5.74, 6) is -0.230. The van der Waals surface area contributed by atoms with Gasteiger partial charge in [0.2, 0.25) is 0 Å². The van der Waals surface area contributed by atoms with E-state index in [2.05, 4.69) is 5.32 Å². The van der Waals surface area contributed by atoms with E-state index in [0.717, 1.165) is 12.1 Å². The third-order valence-corrected chi connectivity index (χ3v) is 3.48. The number of rotatable bonds is 6. The number of hydrogen-bond donors (Lipinski definition) is 2. The second-order valence-electron chi connectivity index (χ2n) is 5.48. The van der Waals surface area contributed by atoms with Gasteiger partial charge < -0.3 is 14.8 Å². The molecule has 1 amide bonds. The van der Waals surface area contributed by atoms with Gasteiger partial charge in [-0.1, -0.05) is 12.1 Å². The summed E-state index contributed by atoms with van der Waals surface area (Å²) in [6, 6.07) is 7.46. The maximum atomic E-state index is 12.7. The van der Waals surface area contributed by atoms with Gasteiger partial charge in [-0.25, -0.2) is 0 Å². The van der Waals surface area contributed by atoms with Gasteiger partial charge in [-0.05, 0) is 44.0 Å². The average Bonchev–Trinajstić information content (AvgIpc) is 3.02. The molecule has 1 unspecified atom stereocenters. The molecular formula is C17H18F3NO3. The highest BCUT2D eigenvalue weighted by molar-refractivity contribution is 5.92. The molecule has 0 bridgehead atoms. The van der Waals surface area contributed by atoms with Gasteiger partial charge in [0.05, 0.1) is 5.56 Å². The Morgan fingerprint density at radius 2 is 2.04 bits per heavy atom. The first-order chi connectivity index (χ1) is 11.3. The van der Waals surface area contributed by atoms with Crippen LogP contribution in [0.15, 0.2) is 40.8 Å². The van der Waals surface area contributed by atoms with E-state index in [1.54, 1.807) is 6.92 Å². The first-order valence-corrected chi connectivity index (χ1v) is 7.50. The molecule has 0 radical (unpaired) electrons. The number of halogens is 3. The fourth-order valence-electron chi connectivity index (χ4n) is 2.23. The molecule has 1 aromatic heterocycles. The maximum absolute atomic E-state index is 12.7. The lowest BCUT2D eigenvalue weighted by atomic mass is 10.1. The number of amides is 1. The van der Waals surface area contributed by atoms with Gasteiger partial charge in [-0.2, -0.15) is 13.2 Å². The molecule has 0 saturated heterocycles. The van der Waals surface area contributed by atoms with E-state index in [-0.39, 0.29) is 29.7 Å². The number of alkyl halides is 3. The van der Waals surface area contributed by atoms with Crippen LogP contribution in [0.1, 0.15) is 35.9 Å². The van der Waals surface area contributed by atoms with E-state index in [9.17, 15) is 18.0 Å². The van der Waals surface area contributed by atoms with Gasteiger partial charge in [0, 0.05) is 18.2 Å². The van der Waals surface area contributed by atoms with Crippen molar-refractivity contribution in [3.05, 3.63) is 47.7 Å². The van der Waals surface area contributed by atoms with Crippen LogP contribution < -0.4 is 5.32 Å². The van der Waals surface area contributed by atoms with E-state index >= 15 is 0 Å². The molecule has 0 aliphatic heterocycles. The van der Waals surface area contributed by atoms with Crippen LogP contribution in [0.25, 0.3) is 11.3 Å². The fraction of sp³-hybridized carbons (Fsp3) is 0.353. The molecular weight excluding hydrogens is 323 g/mol. The first-order valence-electron chi connectivity index (χ1n) is 7.50. The molecule has 2 rings (SSSR count). The van der Waals surface area contributed by atoms with Gasteiger partial charge in [0.25, 0.3) is 5.91 Å². The predicted octanol–water partition coefficient (Wildman–Crippen LogP) is 3.86. The molecule has 0 fully saturated rings. The van der Waals surface area contributed by atoms with E-state index in [1.165, 1.54) is 24.3 Å². The van der Waals surface area contributed by atoms with Crippen LogP contribution in [0.4, 0.5) is 13.2 Å². The van der Waals surface area contributed by atoms with Crippen LogP contribution in [0.5, 0.6) is 0 Å². The Labute approximate surface area is 137 Å². The molecule has 1 atom stereocenters. The number of carbonyl (C=O) groups is 1. The Hall–Kier alpha value is -2.28. The number of aliphatic hydroxyl groups is 1. The molecule has 7 heteroatoms. The Morgan fingerprint density at radius 3 is 2.71 bits per heavy atom. The van der Waals surface area contributed by atoms with Crippen molar-refractivity contribution in [2.75, 3.05) is 6.61 Å². The Balaban J connectivity index is 2.12. The van der Waals surface area contributed by atoms with Crippen LogP contribution >= 0.6 is 0 Å². The molecule has 1 aromatic carbocycles. The molecule has 2 N–H and O–H groups in total. The molecule has 0 spiro atoms. The number of carbonyl (C=O) groups excluding carboxylic acids is 1. The summed E-state index contributed by atoms with van der Waals surface area (Å²) in [5, 5.41) is 11.5. The fourth-order valence-corrected chi connectivity index (χ4v) is 2.23. The average molecular weight is 341 g/mol. The molecule has 1 heterocycles. The van der Waals surface area contributed by atoms with Crippen molar-refractivity contribution >= 4 is 5.91 Å². The van der Waals surface area contributed by atoms with E-state index in [4.69, 9.17) is 9.52 Å². The van der Waals surface area contributed by atoms with Crippen molar-refractivity contribution in [3.8, 4) is 11.3 Å². The Bertz CT molecular complexity index is 694. The normalized spacial score (nSPS) is 12.9. The number of hydrogen-bond acceptors (Lipinski definition) is 3. The number of benzene rings is 1. The smallest absolute Gasteiger partial charge is 0.416 e. The summed E-state index contributed by atoms with van der Waals surface area (Å²) in [7, 11) is 0. The van der Waals surface area contributed by atoms with Gasteiger partial charge >= 0.3 is 6.18 Å². The Morgan fingerprint density at radius 1 is 1.29 bits per heavy atom. The zero-order chi connectivity index (χ0) is 17.7. The molecule has 24 heavy (non-hydrogen) atoms. The van der Waals surface area contributed by atoms with Crippen LogP contribution in [0.2, 0.25) is 0 Å². The van der Waals surface area contributed by atoms with E-state index in [0.29, 0.717) is 12.8 Å². The topological polar surface area (TPSA) is 62.5 Å². The second kappa shape index (κ2) is 7.53. The Kier molecular flexibility index (Phi) is 5.66. The zero-order valence-corrected chi connectivity index (χ0v) is 13.1. The van der Waals surface area contributed by atoms with Crippen molar-refractivity contribution in [1.29, 1.82) is 0 Å². The minimum Gasteiger partial charge on any atom is -0.451 e. The number of nitrogens with one attached hydrogen (secondary N) is 1.